The van der Waals surface area contributed by atoms with Crippen molar-refractivity contribution in [2.24, 2.45) is 0 Å². The van der Waals surface area contributed by atoms with Crippen LogP contribution in [0.4, 0.5) is 0 Å². The molecule has 0 aliphatic carbocycles. The molecule has 0 heterocycles. The molecule has 0 saturated carbocycles. The fraction of sp³-hybridized carbons (Fsp3) is 0.857. The Balaban J connectivity index is 0. The molecule has 0 rings (SSSR count). The Kier molecular flexibility index (Phi) is 21.4. The summed E-state index contributed by atoms with van der Waals surface area (Å²) in [6, 6.07) is 0. The number of unbranched alkanes of at least 4 members (excludes halogenated alkanes) is 5. The molecule has 0 bridgehead atoms. The number of hydrogen-bond donors (Lipinski definition) is 0. The molecule has 0 aromatic heterocycles. The largest absolute Gasteiger partial charge is 0.0888 e. The minimum absolute atomic E-state index is 1.19. The van der Waals surface area contributed by atoms with Crippen LogP contribution in [0.15, 0.2) is 12.2 Å². The molecule has 0 unspecified atom stereocenters. The van der Waals surface area contributed by atoms with Crippen LogP contribution >= 0.6 is 0 Å². The van der Waals surface area contributed by atoms with Crippen molar-refractivity contribution in [1.82, 2.24) is 0 Å². The highest BCUT2D eigenvalue weighted by molar-refractivity contribution is 4.79. The van der Waals surface area contributed by atoms with E-state index in [4.69, 9.17) is 0 Å². The summed E-state index contributed by atoms with van der Waals surface area (Å²) < 4.78 is 0. The minimum Gasteiger partial charge on any atom is -0.0888 e. The van der Waals surface area contributed by atoms with Gasteiger partial charge in [-0.25, -0.2) is 0 Å². The maximum Gasteiger partial charge on any atom is -0.0351 e. The van der Waals surface area contributed by atoms with E-state index in [1.807, 2.05) is 0 Å². The average molecular weight is 198 g/mol. The molecule has 0 heteroatoms. The molecule has 0 saturated heterocycles. The van der Waals surface area contributed by atoms with Crippen molar-refractivity contribution < 1.29 is 0 Å². The molecular formula is C14H30. The van der Waals surface area contributed by atoms with E-state index in [1.54, 1.807) is 0 Å². The zero-order valence-electron chi connectivity index (χ0n) is 10.8. The molecule has 0 aliphatic rings. The molecule has 86 valence electrons. The summed E-state index contributed by atoms with van der Waals surface area (Å²) in [5, 5.41) is 0. The second-order valence-corrected chi connectivity index (χ2v) is 3.73. The summed E-state index contributed by atoms with van der Waals surface area (Å²) in [5.74, 6) is 0. The van der Waals surface area contributed by atoms with Gasteiger partial charge < -0.3 is 0 Å². The molecule has 0 N–H and O–H groups in total. The molecule has 0 aliphatic heterocycles. The van der Waals surface area contributed by atoms with E-state index < -0.39 is 0 Å². The molecule has 0 amide bonds. The van der Waals surface area contributed by atoms with E-state index in [9.17, 15) is 0 Å². The first kappa shape index (κ1) is 16.2. The highest BCUT2D eigenvalue weighted by Crippen LogP contribution is 2.02. The molecule has 0 nitrogen and oxygen atoms in total. The predicted molar refractivity (Wildman–Crippen MR) is 68.8 cm³/mol. The second-order valence-electron chi connectivity index (χ2n) is 3.73. The summed E-state index contributed by atoms with van der Waals surface area (Å²) in [7, 11) is 0. The Morgan fingerprint density at radius 3 is 1.71 bits per heavy atom. The topological polar surface area (TPSA) is 0 Å². The lowest BCUT2D eigenvalue weighted by Gasteiger charge is -1.92. The number of rotatable bonds is 7. The Bertz CT molecular complexity index is 90.2. The van der Waals surface area contributed by atoms with Crippen LogP contribution in [0.5, 0.6) is 0 Å². The lowest BCUT2D eigenvalue weighted by atomic mass is 10.1. The molecule has 0 spiro atoms. The summed E-state index contributed by atoms with van der Waals surface area (Å²) in [5.41, 5.74) is 0. The van der Waals surface area contributed by atoms with Gasteiger partial charge in [-0.2, -0.15) is 0 Å². The molecule has 0 atom stereocenters. The average Bonchev–Trinajstić information content (AvgIpc) is 2.24. The van der Waals surface area contributed by atoms with Gasteiger partial charge in [0.15, 0.2) is 0 Å². The van der Waals surface area contributed by atoms with Crippen LogP contribution in [-0.4, -0.2) is 0 Å². The van der Waals surface area contributed by atoms with Crippen LogP contribution in [0.2, 0.25) is 0 Å². The lowest BCUT2D eigenvalue weighted by molar-refractivity contribution is 0.674. The van der Waals surface area contributed by atoms with Gasteiger partial charge in [-0.05, 0) is 19.3 Å². The molecule has 14 heavy (non-hydrogen) atoms. The van der Waals surface area contributed by atoms with Crippen molar-refractivity contribution in [2.75, 3.05) is 0 Å². The summed E-state index contributed by atoms with van der Waals surface area (Å²) in [4.78, 5) is 0. The van der Waals surface area contributed by atoms with E-state index in [2.05, 4.69) is 39.8 Å². The summed E-state index contributed by atoms with van der Waals surface area (Å²) in [6.07, 6.45) is 15.2. The summed E-state index contributed by atoms with van der Waals surface area (Å²) in [6.45, 7) is 8.80. The maximum absolute atomic E-state index is 2.30. The highest BCUT2D eigenvalue weighted by Gasteiger charge is 1.82. The Labute approximate surface area is 91.8 Å². The van der Waals surface area contributed by atoms with Crippen molar-refractivity contribution in [3.05, 3.63) is 12.2 Å². The van der Waals surface area contributed by atoms with Crippen molar-refractivity contribution in [1.29, 1.82) is 0 Å². The third kappa shape index (κ3) is 22.6. The van der Waals surface area contributed by atoms with Gasteiger partial charge in [0.25, 0.3) is 0 Å². The van der Waals surface area contributed by atoms with Gasteiger partial charge in [-0.3, -0.25) is 0 Å². The normalized spacial score (nSPS) is 10.0. The van der Waals surface area contributed by atoms with E-state index in [-0.39, 0.29) is 0 Å². The van der Waals surface area contributed by atoms with Gasteiger partial charge in [-0.1, -0.05) is 72.0 Å². The second kappa shape index (κ2) is 18.5. The smallest absolute Gasteiger partial charge is 0.0351 e. The van der Waals surface area contributed by atoms with Crippen molar-refractivity contribution in [2.45, 2.75) is 79.1 Å². The Morgan fingerprint density at radius 1 is 0.643 bits per heavy atom. The van der Waals surface area contributed by atoms with Crippen molar-refractivity contribution in [3.8, 4) is 0 Å². The Morgan fingerprint density at radius 2 is 1.29 bits per heavy atom. The molecule has 0 aromatic rings. The lowest BCUT2D eigenvalue weighted by Crippen LogP contribution is -1.73. The van der Waals surface area contributed by atoms with Gasteiger partial charge >= 0.3 is 0 Å². The van der Waals surface area contributed by atoms with Crippen LogP contribution in [0.1, 0.15) is 79.1 Å². The summed E-state index contributed by atoms with van der Waals surface area (Å²) >= 11 is 0. The Hall–Kier alpha value is -0.260. The van der Waals surface area contributed by atoms with E-state index in [0.717, 1.165) is 0 Å². The molecular weight excluding hydrogens is 168 g/mol. The maximum atomic E-state index is 2.30. The first-order chi connectivity index (χ1) is 6.83. The van der Waals surface area contributed by atoms with Crippen LogP contribution in [0.25, 0.3) is 0 Å². The fourth-order valence-electron chi connectivity index (χ4n) is 0.973. The number of hydrogen-bond acceptors (Lipinski definition) is 0. The van der Waals surface area contributed by atoms with Gasteiger partial charge in [0, 0.05) is 0 Å². The third-order valence-corrected chi connectivity index (χ3v) is 2.13. The fourth-order valence-corrected chi connectivity index (χ4v) is 0.973. The standard InChI is InChI=1S/C10H20.C4H10/c1-3-5-7-9-10-8-6-4-2;1-3-4-2/h5,7H,3-4,6,8-10H2,1-2H3;3-4H2,1-2H3/b7-5-;. The minimum atomic E-state index is 1.19. The van der Waals surface area contributed by atoms with E-state index in [1.165, 1.54) is 51.4 Å². The van der Waals surface area contributed by atoms with E-state index >= 15 is 0 Å². The zero-order valence-corrected chi connectivity index (χ0v) is 10.8. The number of allylic oxidation sites excluding steroid dienone is 2. The molecule has 0 aromatic carbocycles. The van der Waals surface area contributed by atoms with Crippen LogP contribution in [-0.2, 0) is 0 Å². The van der Waals surface area contributed by atoms with Crippen LogP contribution in [0, 0.1) is 0 Å². The SMILES string of the molecule is CC/C=C\CCCCCC.CCCC. The van der Waals surface area contributed by atoms with Crippen LogP contribution < -0.4 is 0 Å². The van der Waals surface area contributed by atoms with Gasteiger partial charge in [0.05, 0.1) is 0 Å². The van der Waals surface area contributed by atoms with Gasteiger partial charge in [-0.15, -0.1) is 0 Å². The van der Waals surface area contributed by atoms with E-state index in [0.29, 0.717) is 0 Å². The van der Waals surface area contributed by atoms with Gasteiger partial charge in [0.2, 0.25) is 0 Å². The van der Waals surface area contributed by atoms with Crippen molar-refractivity contribution >= 4 is 0 Å². The molecule has 0 fully saturated rings. The van der Waals surface area contributed by atoms with Gasteiger partial charge in [0.1, 0.15) is 0 Å². The molecule has 0 radical (unpaired) electrons. The third-order valence-electron chi connectivity index (χ3n) is 2.13. The van der Waals surface area contributed by atoms with Crippen LogP contribution in [0.3, 0.4) is 0 Å². The first-order valence-electron chi connectivity index (χ1n) is 6.48. The first-order valence-corrected chi connectivity index (χ1v) is 6.48. The predicted octanol–water partition coefficient (Wildman–Crippen LogP) is 5.73. The monoisotopic (exact) mass is 198 g/mol. The quantitative estimate of drug-likeness (QED) is 0.362. The zero-order chi connectivity index (χ0) is 11.1. The highest BCUT2D eigenvalue weighted by atomic mass is 13.9. The van der Waals surface area contributed by atoms with Crippen molar-refractivity contribution in [3.63, 3.8) is 0 Å².